The molecule has 58 heavy (non-hydrogen) atoms. The van der Waals surface area contributed by atoms with Crippen molar-refractivity contribution in [3.8, 4) is 39.1 Å². The topological polar surface area (TPSA) is 8.17 Å². The van der Waals surface area contributed by atoms with Crippen LogP contribution in [0.4, 0.5) is 21.5 Å². The van der Waals surface area contributed by atoms with E-state index in [-0.39, 0.29) is 5.82 Å². The van der Waals surface area contributed by atoms with Crippen LogP contribution in [0.1, 0.15) is 0 Å². The van der Waals surface area contributed by atoms with E-state index in [1.165, 1.54) is 48.0 Å². The molecule has 0 amide bonds. The Morgan fingerprint density at radius 3 is 1.55 bits per heavy atom. The molecule has 0 N–H and O–H groups in total. The third-order valence-corrected chi connectivity index (χ3v) is 12.6. The van der Waals surface area contributed by atoms with Crippen molar-refractivity contribution in [1.29, 1.82) is 0 Å². The average Bonchev–Trinajstić information content (AvgIpc) is 3.85. The monoisotopic (exact) mass is 762 g/mol. The van der Waals surface area contributed by atoms with E-state index in [2.05, 4.69) is 179 Å². The molecule has 2 heterocycles. The summed E-state index contributed by atoms with van der Waals surface area (Å²) >= 11 is 1.87. The smallest absolute Gasteiger partial charge is 0.133 e. The molecule has 0 radical (unpaired) electrons. The quantitative estimate of drug-likeness (QED) is 0.157. The van der Waals surface area contributed by atoms with Crippen LogP contribution >= 0.6 is 11.3 Å². The van der Waals surface area contributed by atoms with E-state index < -0.39 is 0 Å². The molecule has 0 aliphatic heterocycles. The first-order valence-corrected chi connectivity index (χ1v) is 20.4. The van der Waals surface area contributed by atoms with Crippen LogP contribution in [0.15, 0.2) is 212 Å². The fourth-order valence-corrected chi connectivity index (χ4v) is 9.96. The van der Waals surface area contributed by atoms with Crippen molar-refractivity contribution in [1.82, 2.24) is 4.57 Å². The largest absolute Gasteiger partial charge is 0.310 e. The van der Waals surface area contributed by atoms with Crippen LogP contribution in [0.3, 0.4) is 0 Å². The van der Waals surface area contributed by atoms with Gasteiger partial charge in [-0.25, -0.2) is 4.39 Å². The molecule has 274 valence electrons. The number of halogens is 1. The van der Waals surface area contributed by atoms with Gasteiger partial charge in [0.2, 0.25) is 0 Å². The number of anilines is 3. The summed E-state index contributed by atoms with van der Waals surface area (Å²) < 4.78 is 20.2. The van der Waals surface area contributed by atoms with Crippen molar-refractivity contribution in [3.05, 3.63) is 218 Å². The van der Waals surface area contributed by atoms with Gasteiger partial charge in [-0.3, -0.25) is 0 Å². The van der Waals surface area contributed by atoms with Crippen LogP contribution in [0, 0.1) is 5.82 Å². The van der Waals surface area contributed by atoms with E-state index in [9.17, 15) is 0 Å². The second-order valence-electron chi connectivity index (χ2n) is 14.6. The third-order valence-electron chi connectivity index (χ3n) is 11.3. The number of aromatic nitrogens is 1. The molecule has 0 unspecified atom stereocenters. The van der Waals surface area contributed by atoms with Crippen LogP contribution in [0.2, 0.25) is 0 Å². The first-order chi connectivity index (χ1) is 28.7. The standard InChI is InChI=1S/C54H35FN2S/c55-49-24-12-26-51-52(49)48-19-7-8-25-50(48)57(51)43-18-9-17-42(35-43)56(40-31-27-37(28-32-40)36-13-3-1-4-14-36)41-33-29-39(30-34-41)45-21-11-23-47-46-22-10-20-44(53(46)58-54(45)47)38-15-5-2-6-16-38/h1-35H. The number of para-hydroxylation sites is 1. The second kappa shape index (κ2) is 14.0. The lowest BCUT2D eigenvalue weighted by molar-refractivity contribution is 0.640. The van der Waals surface area contributed by atoms with Crippen LogP contribution in [0.25, 0.3) is 81.0 Å². The fraction of sp³-hybridized carbons (Fsp3) is 0. The van der Waals surface area contributed by atoms with Crippen molar-refractivity contribution < 1.29 is 4.39 Å². The lowest BCUT2D eigenvalue weighted by atomic mass is 10.00. The molecular formula is C54H35FN2S. The number of nitrogens with zero attached hydrogens (tertiary/aromatic N) is 2. The van der Waals surface area contributed by atoms with Crippen LogP contribution in [0.5, 0.6) is 0 Å². The predicted octanol–water partition coefficient (Wildman–Crippen LogP) is 15.8. The minimum absolute atomic E-state index is 0.216. The highest BCUT2D eigenvalue weighted by atomic mass is 32.1. The van der Waals surface area contributed by atoms with Gasteiger partial charge in [0, 0.05) is 53.7 Å². The molecule has 11 aromatic rings. The summed E-state index contributed by atoms with van der Waals surface area (Å²) in [5.74, 6) is -0.216. The molecule has 0 saturated carbocycles. The number of hydrogen-bond donors (Lipinski definition) is 0. The highest BCUT2D eigenvalue weighted by Gasteiger charge is 2.19. The Kier molecular flexibility index (Phi) is 8.23. The SMILES string of the molecule is Fc1cccc2c1c1ccccc1n2-c1cccc(N(c2ccc(-c3ccccc3)cc2)c2ccc(-c3cccc4c3sc3c(-c5ccccc5)cccc34)cc2)c1. The van der Waals surface area contributed by atoms with Gasteiger partial charge in [0.05, 0.1) is 11.0 Å². The maximum atomic E-state index is 15.4. The third kappa shape index (κ3) is 5.69. The van der Waals surface area contributed by atoms with E-state index in [4.69, 9.17) is 0 Å². The molecule has 11 rings (SSSR count). The molecule has 9 aromatic carbocycles. The lowest BCUT2D eigenvalue weighted by Gasteiger charge is -2.26. The van der Waals surface area contributed by atoms with Gasteiger partial charge in [0.15, 0.2) is 0 Å². The van der Waals surface area contributed by atoms with Gasteiger partial charge in [-0.05, 0) is 94.0 Å². The van der Waals surface area contributed by atoms with E-state index in [0.29, 0.717) is 5.39 Å². The first-order valence-electron chi connectivity index (χ1n) is 19.5. The van der Waals surface area contributed by atoms with Crippen molar-refractivity contribution >= 4 is 70.4 Å². The number of benzene rings is 9. The summed E-state index contributed by atoms with van der Waals surface area (Å²) in [5.41, 5.74) is 13.1. The summed E-state index contributed by atoms with van der Waals surface area (Å²) in [5, 5.41) is 4.10. The summed E-state index contributed by atoms with van der Waals surface area (Å²) in [6.07, 6.45) is 0. The predicted molar refractivity (Wildman–Crippen MR) is 245 cm³/mol. The molecule has 0 bridgehead atoms. The molecule has 0 aliphatic rings. The molecule has 0 spiro atoms. The van der Waals surface area contributed by atoms with Crippen LogP contribution in [-0.2, 0) is 0 Å². The zero-order valence-electron chi connectivity index (χ0n) is 31.4. The zero-order valence-corrected chi connectivity index (χ0v) is 32.2. The lowest BCUT2D eigenvalue weighted by Crippen LogP contribution is -2.10. The van der Waals surface area contributed by atoms with Gasteiger partial charge in [-0.1, -0.05) is 152 Å². The van der Waals surface area contributed by atoms with Crippen molar-refractivity contribution in [2.24, 2.45) is 0 Å². The van der Waals surface area contributed by atoms with E-state index >= 15 is 4.39 Å². The maximum absolute atomic E-state index is 15.4. The second-order valence-corrected chi connectivity index (χ2v) is 15.7. The van der Waals surface area contributed by atoms with Gasteiger partial charge < -0.3 is 9.47 Å². The molecule has 0 aliphatic carbocycles. The fourth-order valence-electron chi connectivity index (χ4n) is 8.59. The van der Waals surface area contributed by atoms with Gasteiger partial charge in [-0.15, -0.1) is 11.3 Å². The number of hydrogen-bond acceptors (Lipinski definition) is 2. The van der Waals surface area contributed by atoms with Gasteiger partial charge in [0.25, 0.3) is 0 Å². The van der Waals surface area contributed by atoms with Crippen molar-refractivity contribution in [2.45, 2.75) is 0 Å². The Morgan fingerprint density at radius 2 is 0.879 bits per heavy atom. The number of fused-ring (bicyclic) bond motifs is 6. The Morgan fingerprint density at radius 1 is 0.379 bits per heavy atom. The normalized spacial score (nSPS) is 11.5. The molecule has 0 atom stereocenters. The summed E-state index contributed by atoms with van der Waals surface area (Å²) in [6.45, 7) is 0. The minimum Gasteiger partial charge on any atom is -0.310 e. The van der Waals surface area contributed by atoms with Gasteiger partial charge in [0.1, 0.15) is 5.82 Å². The molecule has 2 nitrogen and oxygen atoms in total. The summed E-state index contributed by atoms with van der Waals surface area (Å²) in [4.78, 5) is 2.31. The summed E-state index contributed by atoms with van der Waals surface area (Å²) in [7, 11) is 0. The first kappa shape index (κ1) is 34.0. The van der Waals surface area contributed by atoms with Crippen molar-refractivity contribution in [2.75, 3.05) is 4.90 Å². The van der Waals surface area contributed by atoms with Gasteiger partial charge in [-0.2, -0.15) is 0 Å². The Bertz CT molecular complexity index is 3270. The zero-order chi connectivity index (χ0) is 38.6. The number of rotatable bonds is 7. The van der Waals surface area contributed by atoms with Crippen LogP contribution < -0.4 is 4.90 Å². The highest BCUT2D eigenvalue weighted by Crippen LogP contribution is 2.45. The molecule has 0 fully saturated rings. The molecule has 2 aromatic heterocycles. The van der Waals surface area contributed by atoms with Crippen molar-refractivity contribution in [3.63, 3.8) is 0 Å². The average molecular weight is 763 g/mol. The highest BCUT2D eigenvalue weighted by molar-refractivity contribution is 7.26. The number of thiophene rings is 1. The molecular weight excluding hydrogens is 728 g/mol. The minimum atomic E-state index is -0.216. The van der Waals surface area contributed by atoms with E-state index in [1.807, 2.05) is 41.7 Å². The maximum Gasteiger partial charge on any atom is 0.133 e. The summed E-state index contributed by atoms with van der Waals surface area (Å²) in [6, 6.07) is 74.2. The van der Waals surface area contributed by atoms with E-state index in [1.54, 1.807) is 12.1 Å². The Labute approximate surface area is 339 Å². The Balaban J connectivity index is 1.04. The van der Waals surface area contributed by atoms with E-state index in [0.717, 1.165) is 44.7 Å². The molecule has 4 heteroatoms. The van der Waals surface area contributed by atoms with Crippen LogP contribution in [-0.4, -0.2) is 4.57 Å². The van der Waals surface area contributed by atoms with Gasteiger partial charge >= 0.3 is 0 Å². The Hall–Kier alpha value is -7.27. The molecule has 0 saturated heterocycles.